The first kappa shape index (κ1) is 14.6. The lowest BCUT2D eigenvalue weighted by Crippen LogP contribution is -2.34. The number of rotatable bonds is 6. The summed E-state index contributed by atoms with van der Waals surface area (Å²) < 4.78 is 2.13. The number of aliphatic hydroxyl groups excluding tert-OH is 1. The van der Waals surface area contributed by atoms with Crippen molar-refractivity contribution in [1.82, 2.24) is 15.2 Å². The van der Waals surface area contributed by atoms with Crippen LogP contribution in [0, 0.1) is 5.41 Å². The molecule has 1 amide bonds. The van der Waals surface area contributed by atoms with E-state index in [-0.39, 0.29) is 17.9 Å². The van der Waals surface area contributed by atoms with Crippen molar-refractivity contribution in [2.45, 2.75) is 38.1 Å². The van der Waals surface area contributed by atoms with Crippen molar-refractivity contribution in [1.29, 1.82) is 0 Å². The molecule has 1 aromatic rings. The van der Waals surface area contributed by atoms with Crippen molar-refractivity contribution in [3.05, 3.63) is 24.0 Å². The van der Waals surface area contributed by atoms with E-state index in [1.165, 1.54) is 0 Å². The molecule has 0 aromatic carbocycles. The highest BCUT2D eigenvalue weighted by atomic mass is 16.3. The summed E-state index contributed by atoms with van der Waals surface area (Å²) in [6.07, 6.45) is 7.19. The molecule has 116 valence electrons. The Kier molecular flexibility index (Phi) is 4.31. The number of aliphatic hydroxyl groups is 1. The molecule has 5 heteroatoms. The number of piperidine rings is 1. The average Bonchev–Trinajstić information content (AvgIpc) is 3.10. The van der Waals surface area contributed by atoms with Crippen molar-refractivity contribution in [3.63, 3.8) is 0 Å². The molecule has 0 bridgehead atoms. The van der Waals surface area contributed by atoms with Gasteiger partial charge < -0.3 is 20.3 Å². The zero-order valence-electron chi connectivity index (χ0n) is 12.5. The maximum atomic E-state index is 12.4. The van der Waals surface area contributed by atoms with Crippen LogP contribution in [-0.4, -0.2) is 41.8 Å². The van der Waals surface area contributed by atoms with Crippen molar-refractivity contribution in [3.8, 4) is 0 Å². The average molecular weight is 291 g/mol. The first-order valence-electron chi connectivity index (χ1n) is 8.01. The molecule has 0 atom stereocenters. The molecule has 21 heavy (non-hydrogen) atoms. The van der Waals surface area contributed by atoms with Crippen molar-refractivity contribution < 1.29 is 9.90 Å². The normalized spacial score (nSPS) is 21.2. The second-order valence-corrected chi connectivity index (χ2v) is 6.44. The molecule has 2 fully saturated rings. The van der Waals surface area contributed by atoms with Gasteiger partial charge in [0.2, 0.25) is 0 Å². The van der Waals surface area contributed by atoms with Crippen molar-refractivity contribution in [2.24, 2.45) is 5.41 Å². The Hall–Kier alpha value is -1.33. The van der Waals surface area contributed by atoms with Gasteiger partial charge in [0.25, 0.3) is 5.91 Å². The van der Waals surface area contributed by atoms with E-state index in [1.807, 2.05) is 18.3 Å². The van der Waals surface area contributed by atoms with Gasteiger partial charge in [-0.3, -0.25) is 4.79 Å². The van der Waals surface area contributed by atoms with Gasteiger partial charge in [0.05, 0.1) is 0 Å². The van der Waals surface area contributed by atoms with E-state index in [9.17, 15) is 4.79 Å². The van der Waals surface area contributed by atoms with E-state index < -0.39 is 0 Å². The van der Waals surface area contributed by atoms with Gasteiger partial charge in [-0.15, -0.1) is 0 Å². The van der Waals surface area contributed by atoms with E-state index in [1.54, 1.807) is 0 Å². The Morgan fingerprint density at radius 2 is 2.19 bits per heavy atom. The Morgan fingerprint density at radius 3 is 2.86 bits per heavy atom. The molecule has 5 nitrogen and oxygen atoms in total. The number of amides is 1. The molecular formula is C16H25N3O2. The third kappa shape index (κ3) is 3.30. The zero-order valence-corrected chi connectivity index (χ0v) is 12.5. The number of hydrogen-bond acceptors (Lipinski definition) is 3. The molecule has 1 aliphatic carbocycles. The molecule has 0 radical (unpaired) electrons. The first-order valence-corrected chi connectivity index (χ1v) is 8.01. The Bertz CT molecular complexity index is 487. The summed E-state index contributed by atoms with van der Waals surface area (Å²) >= 11 is 0. The van der Waals surface area contributed by atoms with Crippen LogP contribution in [0.25, 0.3) is 0 Å². The Morgan fingerprint density at radius 1 is 1.43 bits per heavy atom. The van der Waals surface area contributed by atoms with Crippen molar-refractivity contribution in [2.75, 3.05) is 26.2 Å². The van der Waals surface area contributed by atoms with Crippen LogP contribution in [0.5, 0.6) is 0 Å². The number of aromatic nitrogens is 1. The zero-order chi connectivity index (χ0) is 14.7. The molecule has 1 aliphatic heterocycles. The molecule has 3 rings (SSSR count). The van der Waals surface area contributed by atoms with Crippen LogP contribution in [0.15, 0.2) is 18.3 Å². The van der Waals surface area contributed by atoms with Crippen LogP contribution < -0.4 is 10.6 Å². The summed E-state index contributed by atoms with van der Waals surface area (Å²) in [5.41, 5.74) is 0.929. The maximum Gasteiger partial charge on any atom is 0.267 e. The smallest absolute Gasteiger partial charge is 0.267 e. The van der Waals surface area contributed by atoms with Crippen LogP contribution in [0.2, 0.25) is 0 Å². The summed E-state index contributed by atoms with van der Waals surface area (Å²) in [5, 5.41) is 15.5. The van der Waals surface area contributed by atoms with Gasteiger partial charge in [-0.05, 0) is 62.7 Å². The predicted octanol–water partition coefficient (Wildman–Crippen LogP) is 1.30. The third-order valence-corrected chi connectivity index (χ3v) is 4.94. The molecule has 1 saturated heterocycles. The van der Waals surface area contributed by atoms with Gasteiger partial charge in [-0.25, -0.2) is 0 Å². The summed E-state index contributed by atoms with van der Waals surface area (Å²) in [6, 6.07) is 4.29. The molecule has 0 unspecified atom stereocenters. The molecule has 2 heterocycles. The molecule has 2 aliphatic rings. The minimum absolute atomic E-state index is 0.0164. The summed E-state index contributed by atoms with van der Waals surface area (Å²) in [6.45, 7) is 2.93. The van der Waals surface area contributed by atoms with Gasteiger partial charge in [-0.2, -0.15) is 0 Å². The quantitative estimate of drug-likeness (QED) is 0.740. The van der Waals surface area contributed by atoms with Gasteiger partial charge in [0, 0.05) is 25.4 Å². The third-order valence-electron chi connectivity index (χ3n) is 4.94. The van der Waals surface area contributed by atoms with E-state index in [4.69, 9.17) is 5.11 Å². The van der Waals surface area contributed by atoms with Crippen LogP contribution >= 0.6 is 0 Å². The molecular weight excluding hydrogens is 266 g/mol. The lowest BCUT2D eigenvalue weighted by Gasteiger charge is -2.26. The highest BCUT2D eigenvalue weighted by molar-refractivity contribution is 5.92. The summed E-state index contributed by atoms with van der Waals surface area (Å²) in [4.78, 5) is 12.4. The van der Waals surface area contributed by atoms with Crippen molar-refractivity contribution >= 4 is 5.91 Å². The number of carbonyl (C=O) groups excluding carboxylic acids is 1. The van der Waals surface area contributed by atoms with E-state index in [0.717, 1.165) is 50.9 Å². The lowest BCUT2D eigenvalue weighted by atomic mass is 10.0. The van der Waals surface area contributed by atoms with E-state index in [2.05, 4.69) is 15.2 Å². The monoisotopic (exact) mass is 291 g/mol. The van der Waals surface area contributed by atoms with Crippen LogP contribution in [-0.2, 0) is 0 Å². The van der Waals surface area contributed by atoms with Gasteiger partial charge in [0.15, 0.2) is 0 Å². The summed E-state index contributed by atoms with van der Waals surface area (Å²) in [7, 11) is 0. The second kappa shape index (κ2) is 6.20. The Balaban J connectivity index is 1.61. The fourth-order valence-corrected chi connectivity index (χ4v) is 3.28. The van der Waals surface area contributed by atoms with Gasteiger partial charge >= 0.3 is 0 Å². The van der Waals surface area contributed by atoms with Crippen LogP contribution in [0.4, 0.5) is 0 Å². The highest BCUT2D eigenvalue weighted by Crippen LogP contribution is 2.47. The molecule has 3 N–H and O–H groups in total. The van der Waals surface area contributed by atoms with E-state index in [0.29, 0.717) is 12.6 Å². The number of hydrogen-bond donors (Lipinski definition) is 3. The lowest BCUT2D eigenvalue weighted by molar-refractivity contribution is 0.0928. The van der Waals surface area contributed by atoms with Crippen LogP contribution in [0.1, 0.15) is 48.6 Å². The minimum Gasteiger partial charge on any atom is -0.396 e. The van der Waals surface area contributed by atoms with Gasteiger partial charge in [-0.1, -0.05) is 0 Å². The topological polar surface area (TPSA) is 66.3 Å². The fraction of sp³-hybridized carbons (Fsp3) is 0.688. The largest absolute Gasteiger partial charge is 0.396 e. The SMILES string of the molecule is O=C(NCC1(CCO)CC1)c1cccn1C1CCNCC1. The Labute approximate surface area is 125 Å². The molecule has 1 aromatic heterocycles. The minimum atomic E-state index is 0.0164. The summed E-state index contributed by atoms with van der Waals surface area (Å²) in [5.74, 6) is 0.0164. The molecule has 0 spiro atoms. The fourth-order valence-electron chi connectivity index (χ4n) is 3.28. The first-order chi connectivity index (χ1) is 10.2. The maximum absolute atomic E-state index is 12.4. The van der Waals surface area contributed by atoms with Crippen LogP contribution in [0.3, 0.4) is 0 Å². The highest BCUT2D eigenvalue weighted by Gasteiger charge is 2.42. The predicted molar refractivity (Wildman–Crippen MR) is 81.3 cm³/mol. The van der Waals surface area contributed by atoms with Gasteiger partial charge in [0.1, 0.15) is 5.69 Å². The number of carbonyl (C=O) groups is 1. The van der Waals surface area contributed by atoms with E-state index >= 15 is 0 Å². The number of nitrogens with one attached hydrogen (secondary N) is 2. The second-order valence-electron chi connectivity index (χ2n) is 6.44. The molecule has 1 saturated carbocycles. The standard InChI is InChI=1S/C16H25N3O2/c20-11-7-16(5-6-16)12-18-15(21)14-2-1-10-19(14)13-3-8-17-9-4-13/h1-2,10,13,17,20H,3-9,11-12H2,(H,18,21). The number of nitrogens with zero attached hydrogens (tertiary/aromatic N) is 1.